The lowest BCUT2D eigenvalue weighted by Crippen LogP contribution is -1.98. The molecule has 0 amide bonds. The molecule has 0 saturated heterocycles. The van der Waals surface area contributed by atoms with E-state index in [0.29, 0.717) is 5.56 Å². The van der Waals surface area contributed by atoms with Crippen LogP contribution in [0.5, 0.6) is 5.75 Å². The molecule has 0 unspecified atom stereocenters. The van der Waals surface area contributed by atoms with E-state index in [4.69, 9.17) is 0 Å². The van der Waals surface area contributed by atoms with Crippen LogP contribution in [0.15, 0.2) is 47.5 Å². The molecular weight excluding hydrogens is 263 g/mol. The summed E-state index contributed by atoms with van der Waals surface area (Å²) < 4.78 is 13.3. The van der Waals surface area contributed by atoms with Gasteiger partial charge in [0.15, 0.2) is 0 Å². The Morgan fingerprint density at radius 1 is 1.25 bits per heavy atom. The summed E-state index contributed by atoms with van der Waals surface area (Å²) >= 11 is 0. The summed E-state index contributed by atoms with van der Waals surface area (Å²) in [5, 5.41) is 22.1. The smallest absolute Gasteiger partial charge is 0.270 e. The van der Waals surface area contributed by atoms with Gasteiger partial charge in [0.2, 0.25) is 0 Å². The number of nitro benzene ring substituents is 1. The van der Waals surface area contributed by atoms with E-state index in [0.717, 1.165) is 18.2 Å². The fourth-order valence-corrected chi connectivity index (χ4v) is 1.62. The Morgan fingerprint density at radius 3 is 2.70 bits per heavy atom. The SMILES string of the molecule is O=[N+]([O-])c1ccc([O-])c(C=NCc2ccccc2F)c1. The first-order valence-electron chi connectivity index (χ1n) is 5.76. The van der Waals surface area contributed by atoms with Crippen molar-refractivity contribution in [3.05, 3.63) is 69.5 Å². The number of non-ortho nitro benzene ring substituents is 1. The zero-order valence-electron chi connectivity index (χ0n) is 10.3. The number of rotatable bonds is 4. The Kier molecular flexibility index (Phi) is 4.05. The van der Waals surface area contributed by atoms with Crippen molar-refractivity contribution in [3.8, 4) is 5.75 Å². The second kappa shape index (κ2) is 5.92. The predicted octanol–water partition coefficient (Wildman–Crippen LogP) is 2.43. The van der Waals surface area contributed by atoms with Crippen molar-refractivity contribution in [2.45, 2.75) is 6.54 Å². The molecular formula is C14H10FN2O3-. The van der Waals surface area contributed by atoms with Crippen LogP contribution in [0.2, 0.25) is 0 Å². The van der Waals surface area contributed by atoms with E-state index in [2.05, 4.69) is 4.99 Å². The van der Waals surface area contributed by atoms with Gasteiger partial charge >= 0.3 is 0 Å². The van der Waals surface area contributed by atoms with E-state index in [-0.39, 0.29) is 29.4 Å². The number of nitro groups is 1. The minimum absolute atomic E-state index is 0.0643. The van der Waals surface area contributed by atoms with Crippen molar-refractivity contribution >= 4 is 11.9 Å². The third-order valence-corrected chi connectivity index (χ3v) is 2.65. The molecule has 2 rings (SSSR count). The van der Waals surface area contributed by atoms with E-state index in [9.17, 15) is 19.6 Å². The Morgan fingerprint density at radius 2 is 2.00 bits per heavy atom. The maximum atomic E-state index is 13.3. The minimum atomic E-state index is -0.590. The molecule has 0 aromatic heterocycles. The number of benzene rings is 2. The first-order chi connectivity index (χ1) is 9.58. The summed E-state index contributed by atoms with van der Waals surface area (Å²) in [6.07, 6.45) is 1.22. The minimum Gasteiger partial charge on any atom is -0.872 e. The van der Waals surface area contributed by atoms with Crippen LogP contribution in [0.4, 0.5) is 10.1 Å². The molecule has 0 spiro atoms. The van der Waals surface area contributed by atoms with Crippen molar-refractivity contribution in [1.82, 2.24) is 0 Å². The van der Waals surface area contributed by atoms with Crippen molar-refractivity contribution in [2.75, 3.05) is 0 Å². The Hall–Kier alpha value is -2.76. The molecule has 2 aromatic carbocycles. The number of hydrogen-bond acceptors (Lipinski definition) is 4. The summed E-state index contributed by atoms with van der Waals surface area (Å²) in [4.78, 5) is 14.0. The van der Waals surface area contributed by atoms with Gasteiger partial charge in [0.1, 0.15) is 5.82 Å². The van der Waals surface area contributed by atoms with Crippen LogP contribution in [0.1, 0.15) is 11.1 Å². The summed E-state index contributed by atoms with van der Waals surface area (Å²) in [5.74, 6) is -0.751. The molecule has 0 atom stereocenters. The highest BCUT2D eigenvalue weighted by Crippen LogP contribution is 2.19. The standard InChI is InChI=1S/C14H11FN2O3/c15-13-4-2-1-3-10(13)8-16-9-11-7-12(17(19)20)5-6-14(11)18/h1-7,9,18H,8H2/p-1. The molecule has 0 heterocycles. The second-order valence-corrected chi connectivity index (χ2v) is 4.04. The largest absolute Gasteiger partial charge is 0.872 e. The number of aliphatic imine (C=N–C) groups is 1. The van der Waals surface area contributed by atoms with Crippen molar-refractivity contribution in [2.24, 2.45) is 4.99 Å². The molecule has 102 valence electrons. The highest BCUT2D eigenvalue weighted by Gasteiger charge is 2.05. The van der Waals surface area contributed by atoms with Crippen molar-refractivity contribution in [3.63, 3.8) is 0 Å². The second-order valence-electron chi connectivity index (χ2n) is 4.04. The molecule has 0 aliphatic carbocycles. The first-order valence-corrected chi connectivity index (χ1v) is 5.76. The van der Waals surface area contributed by atoms with Crippen LogP contribution in [0.25, 0.3) is 0 Å². The molecule has 20 heavy (non-hydrogen) atoms. The lowest BCUT2D eigenvalue weighted by atomic mass is 10.2. The highest BCUT2D eigenvalue weighted by molar-refractivity contribution is 5.84. The van der Waals surface area contributed by atoms with Gasteiger partial charge in [0.05, 0.1) is 11.5 Å². The van der Waals surface area contributed by atoms with Gasteiger partial charge in [-0.2, -0.15) is 0 Å². The maximum absolute atomic E-state index is 13.3. The summed E-state index contributed by atoms with van der Waals surface area (Å²) in [5.41, 5.74) is 0.314. The molecule has 0 bridgehead atoms. The molecule has 0 aliphatic heterocycles. The summed E-state index contributed by atoms with van der Waals surface area (Å²) in [7, 11) is 0. The third-order valence-electron chi connectivity index (χ3n) is 2.65. The van der Waals surface area contributed by atoms with Crippen LogP contribution in [-0.2, 0) is 6.54 Å². The third kappa shape index (κ3) is 3.17. The van der Waals surface area contributed by atoms with Crippen LogP contribution in [-0.4, -0.2) is 11.1 Å². The fourth-order valence-electron chi connectivity index (χ4n) is 1.62. The van der Waals surface area contributed by atoms with Gasteiger partial charge in [0.25, 0.3) is 5.69 Å². The summed E-state index contributed by atoms with van der Waals surface area (Å²) in [6, 6.07) is 9.54. The Balaban J connectivity index is 2.17. The molecule has 5 nitrogen and oxygen atoms in total. The Labute approximate surface area is 114 Å². The van der Waals surface area contributed by atoms with Gasteiger partial charge in [-0.3, -0.25) is 15.1 Å². The normalized spacial score (nSPS) is 10.8. The topological polar surface area (TPSA) is 78.6 Å². The number of halogens is 1. The summed E-state index contributed by atoms with van der Waals surface area (Å²) in [6.45, 7) is 0.0643. The molecule has 0 fully saturated rings. The maximum Gasteiger partial charge on any atom is 0.270 e. The van der Waals surface area contributed by atoms with Crippen molar-refractivity contribution in [1.29, 1.82) is 0 Å². The molecule has 6 heteroatoms. The average Bonchev–Trinajstić information content (AvgIpc) is 2.42. The van der Waals surface area contributed by atoms with Gasteiger partial charge in [-0.15, -0.1) is 0 Å². The zero-order valence-corrected chi connectivity index (χ0v) is 10.3. The van der Waals surface area contributed by atoms with Gasteiger partial charge in [-0.05, 0) is 11.6 Å². The van der Waals surface area contributed by atoms with Crippen LogP contribution >= 0.6 is 0 Å². The van der Waals surface area contributed by atoms with E-state index >= 15 is 0 Å². The van der Waals surface area contributed by atoms with Gasteiger partial charge < -0.3 is 5.11 Å². The first kappa shape index (κ1) is 13.7. The molecule has 0 saturated carbocycles. The predicted molar refractivity (Wildman–Crippen MR) is 70.2 cm³/mol. The van der Waals surface area contributed by atoms with Gasteiger partial charge in [-0.1, -0.05) is 30.0 Å². The van der Waals surface area contributed by atoms with Crippen molar-refractivity contribution < 1.29 is 14.4 Å². The van der Waals surface area contributed by atoms with E-state index < -0.39 is 4.92 Å². The Bertz CT molecular complexity index is 671. The lowest BCUT2D eigenvalue weighted by Gasteiger charge is -2.08. The molecule has 0 N–H and O–H groups in total. The van der Waals surface area contributed by atoms with Crippen LogP contribution < -0.4 is 5.11 Å². The van der Waals surface area contributed by atoms with Crippen LogP contribution in [0, 0.1) is 15.9 Å². The molecule has 2 aromatic rings. The zero-order chi connectivity index (χ0) is 14.5. The lowest BCUT2D eigenvalue weighted by molar-refractivity contribution is -0.385. The highest BCUT2D eigenvalue weighted by atomic mass is 19.1. The fraction of sp³-hybridized carbons (Fsp3) is 0.0714. The van der Waals surface area contributed by atoms with Crippen LogP contribution in [0.3, 0.4) is 0 Å². The van der Waals surface area contributed by atoms with Gasteiger partial charge in [0, 0.05) is 23.9 Å². The monoisotopic (exact) mass is 273 g/mol. The number of hydrogen-bond donors (Lipinski definition) is 0. The quantitative estimate of drug-likeness (QED) is 0.487. The van der Waals surface area contributed by atoms with Gasteiger partial charge in [-0.25, -0.2) is 4.39 Å². The van der Waals surface area contributed by atoms with E-state index in [1.54, 1.807) is 18.2 Å². The van der Waals surface area contributed by atoms with E-state index in [1.165, 1.54) is 12.3 Å². The number of nitrogens with zero attached hydrogens (tertiary/aromatic N) is 2. The molecule has 0 radical (unpaired) electrons. The molecule has 0 aliphatic rings. The average molecular weight is 273 g/mol. The van der Waals surface area contributed by atoms with E-state index in [1.807, 2.05) is 0 Å².